The van der Waals surface area contributed by atoms with Crippen molar-refractivity contribution in [1.82, 2.24) is 9.97 Å². The predicted octanol–water partition coefficient (Wildman–Crippen LogP) is 5.66. The average Bonchev–Trinajstić information content (AvgIpc) is 3.34. The quantitative estimate of drug-likeness (QED) is 0.314. The molecule has 2 aromatic carbocycles. The van der Waals surface area contributed by atoms with Gasteiger partial charge < -0.3 is 25.3 Å². The van der Waals surface area contributed by atoms with E-state index < -0.39 is 23.6 Å². The van der Waals surface area contributed by atoms with Crippen molar-refractivity contribution in [2.24, 2.45) is 5.92 Å². The van der Waals surface area contributed by atoms with E-state index in [4.69, 9.17) is 19.9 Å². The molecule has 0 bridgehead atoms. The number of nitrogens with zero attached hydrogens (tertiary/aromatic N) is 2. The van der Waals surface area contributed by atoms with Crippen LogP contribution in [-0.4, -0.2) is 36.4 Å². The van der Waals surface area contributed by atoms with Crippen LogP contribution in [0.5, 0.6) is 11.5 Å². The number of alkyl halides is 3. The van der Waals surface area contributed by atoms with Crippen LogP contribution < -0.4 is 20.5 Å². The van der Waals surface area contributed by atoms with Crippen molar-refractivity contribution in [3.8, 4) is 11.5 Å². The topological polar surface area (TPSA) is 91.5 Å². The van der Waals surface area contributed by atoms with Crippen LogP contribution in [0, 0.1) is 18.7 Å². The SMILES string of the molecule is COc1cc2nc(C)nc(N[C@H](C)c3cc(N)cc(C(F)(F)F)c3F)c2cc1OC(C)[C@@H]1CCOC1. The van der Waals surface area contributed by atoms with Crippen molar-refractivity contribution >= 4 is 22.4 Å². The Hall–Kier alpha value is -3.34. The summed E-state index contributed by atoms with van der Waals surface area (Å²) in [7, 11) is 1.52. The van der Waals surface area contributed by atoms with Crippen LogP contribution in [0.25, 0.3) is 10.9 Å². The third-order valence-corrected chi connectivity index (χ3v) is 6.28. The standard InChI is InChI=1S/C25H28F4N4O3/c1-12(17-7-16(30)8-19(23(17)26)25(27,28)29)31-24-18-9-22(36-13(2)15-5-6-35-11-15)21(34-4)10-20(18)32-14(3)33-24/h7-10,12-13,15H,5-6,11,30H2,1-4H3,(H,31,32,33)/t12-,13?,15-/m1/s1. The lowest BCUT2D eigenvalue weighted by Gasteiger charge is -2.23. The van der Waals surface area contributed by atoms with Crippen molar-refractivity contribution < 1.29 is 31.8 Å². The zero-order chi connectivity index (χ0) is 26.2. The Morgan fingerprint density at radius 1 is 1.14 bits per heavy atom. The second kappa shape index (κ2) is 9.96. The van der Waals surface area contributed by atoms with E-state index in [1.807, 2.05) is 6.92 Å². The maximum absolute atomic E-state index is 14.9. The summed E-state index contributed by atoms with van der Waals surface area (Å²) in [6.07, 6.45) is -4.14. The van der Waals surface area contributed by atoms with Crippen LogP contribution in [-0.2, 0) is 10.9 Å². The van der Waals surface area contributed by atoms with E-state index in [1.54, 1.807) is 19.1 Å². The van der Waals surface area contributed by atoms with Gasteiger partial charge in [-0.2, -0.15) is 13.2 Å². The molecule has 1 aliphatic heterocycles. The van der Waals surface area contributed by atoms with E-state index in [0.717, 1.165) is 6.42 Å². The van der Waals surface area contributed by atoms with Crippen molar-refractivity contribution in [3.05, 3.63) is 47.0 Å². The molecule has 1 saturated heterocycles. The van der Waals surface area contributed by atoms with E-state index in [0.29, 0.717) is 53.3 Å². The first kappa shape index (κ1) is 25.7. The number of aromatic nitrogens is 2. The Kier molecular flexibility index (Phi) is 7.12. The Balaban J connectivity index is 1.73. The summed E-state index contributed by atoms with van der Waals surface area (Å²) in [5.74, 6) is 0.499. The molecule has 7 nitrogen and oxygen atoms in total. The first-order valence-corrected chi connectivity index (χ1v) is 11.5. The Morgan fingerprint density at radius 2 is 1.89 bits per heavy atom. The number of rotatable bonds is 7. The van der Waals surface area contributed by atoms with Gasteiger partial charge >= 0.3 is 6.18 Å². The molecule has 0 spiro atoms. The Labute approximate surface area is 206 Å². The van der Waals surface area contributed by atoms with E-state index >= 15 is 0 Å². The number of ether oxygens (including phenoxy) is 3. The first-order valence-electron chi connectivity index (χ1n) is 11.5. The molecule has 1 unspecified atom stereocenters. The largest absolute Gasteiger partial charge is 0.493 e. The van der Waals surface area contributed by atoms with Crippen LogP contribution in [0.1, 0.15) is 43.3 Å². The molecule has 194 valence electrons. The van der Waals surface area contributed by atoms with Gasteiger partial charge in [0.2, 0.25) is 0 Å². The van der Waals surface area contributed by atoms with Gasteiger partial charge in [-0.1, -0.05) is 0 Å². The summed E-state index contributed by atoms with van der Waals surface area (Å²) >= 11 is 0. The molecule has 3 atom stereocenters. The Morgan fingerprint density at radius 3 is 2.53 bits per heavy atom. The molecule has 0 aliphatic carbocycles. The van der Waals surface area contributed by atoms with E-state index in [9.17, 15) is 17.6 Å². The van der Waals surface area contributed by atoms with Gasteiger partial charge in [0, 0.05) is 35.2 Å². The lowest BCUT2D eigenvalue weighted by atomic mass is 10.0. The number of nitrogens with one attached hydrogen (secondary N) is 1. The fourth-order valence-corrected chi connectivity index (χ4v) is 4.31. The highest BCUT2D eigenvalue weighted by Gasteiger charge is 2.36. The van der Waals surface area contributed by atoms with Gasteiger partial charge in [0.05, 0.1) is 30.8 Å². The zero-order valence-electron chi connectivity index (χ0n) is 20.4. The lowest BCUT2D eigenvalue weighted by Crippen LogP contribution is -2.24. The number of methoxy groups -OCH3 is 1. The van der Waals surface area contributed by atoms with Gasteiger partial charge in [0.25, 0.3) is 0 Å². The molecule has 36 heavy (non-hydrogen) atoms. The monoisotopic (exact) mass is 508 g/mol. The molecule has 0 radical (unpaired) electrons. The fraction of sp³-hybridized carbons (Fsp3) is 0.440. The molecule has 1 fully saturated rings. The van der Waals surface area contributed by atoms with Crippen LogP contribution >= 0.6 is 0 Å². The Bertz CT molecular complexity index is 1260. The lowest BCUT2D eigenvalue weighted by molar-refractivity contribution is -0.140. The van der Waals surface area contributed by atoms with Gasteiger partial charge in [0.15, 0.2) is 11.5 Å². The second-order valence-corrected chi connectivity index (χ2v) is 8.92. The molecule has 11 heteroatoms. The summed E-state index contributed by atoms with van der Waals surface area (Å²) < 4.78 is 72.0. The van der Waals surface area contributed by atoms with Crippen LogP contribution in [0.3, 0.4) is 0 Å². The van der Waals surface area contributed by atoms with Gasteiger partial charge in [-0.15, -0.1) is 0 Å². The summed E-state index contributed by atoms with van der Waals surface area (Å²) in [6, 6.07) is 4.29. The predicted molar refractivity (Wildman–Crippen MR) is 128 cm³/mol. The van der Waals surface area contributed by atoms with Crippen LogP contribution in [0.4, 0.5) is 29.1 Å². The van der Waals surface area contributed by atoms with Crippen LogP contribution in [0.2, 0.25) is 0 Å². The van der Waals surface area contributed by atoms with Gasteiger partial charge in [-0.25, -0.2) is 14.4 Å². The van der Waals surface area contributed by atoms with Crippen LogP contribution in [0.15, 0.2) is 24.3 Å². The van der Waals surface area contributed by atoms with E-state index in [1.165, 1.54) is 20.1 Å². The molecular formula is C25H28F4N4O3. The molecule has 1 aromatic heterocycles. The summed E-state index contributed by atoms with van der Waals surface area (Å²) in [5, 5.41) is 3.57. The smallest absolute Gasteiger partial charge is 0.419 e. The number of fused-ring (bicyclic) bond motifs is 1. The number of hydrogen-bond donors (Lipinski definition) is 2. The van der Waals surface area contributed by atoms with Crippen molar-refractivity contribution in [2.45, 2.75) is 45.5 Å². The van der Waals surface area contributed by atoms with Crippen molar-refractivity contribution in [2.75, 3.05) is 31.4 Å². The molecule has 3 N–H and O–H groups in total. The summed E-state index contributed by atoms with van der Waals surface area (Å²) in [6.45, 7) is 6.45. The van der Waals surface area contributed by atoms with Gasteiger partial charge in [0.1, 0.15) is 23.6 Å². The minimum absolute atomic E-state index is 0.150. The molecule has 0 saturated carbocycles. The number of aryl methyl sites for hydroxylation is 1. The second-order valence-electron chi connectivity index (χ2n) is 8.92. The van der Waals surface area contributed by atoms with Crippen molar-refractivity contribution in [1.29, 1.82) is 0 Å². The highest BCUT2D eigenvalue weighted by atomic mass is 19.4. The molecule has 1 aliphatic rings. The number of nitrogens with two attached hydrogens (primary N) is 1. The highest BCUT2D eigenvalue weighted by molar-refractivity contribution is 5.92. The zero-order valence-corrected chi connectivity index (χ0v) is 20.4. The fourth-order valence-electron chi connectivity index (χ4n) is 4.31. The third-order valence-electron chi connectivity index (χ3n) is 6.28. The number of anilines is 2. The number of benzene rings is 2. The van der Waals surface area contributed by atoms with E-state index in [2.05, 4.69) is 15.3 Å². The minimum Gasteiger partial charge on any atom is -0.493 e. The highest BCUT2D eigenvalue weighted by Crippen LogP contribution is 2.39. The average molecular weight is 509 g/mol. The molecule has 4 rings (SSSR count). The molecule has 0 amide bonds. The molecule has 2 heterocycles. The van der Waals surface area contributed by atoms with Gasteiger partial charge in [-0.05, 0) is 45.4 Å². The summed E-state index contributed by atoms with van der Waals surface area (Å²) in [4.78, 5) is 8.88. The van der Waals surface area contributed by atoms with Gasteiger partial charge in [-0.3, -0.25) is 0 Å². The van der Waals surface area contributed by atoms with E-state index in [-0.39, 0.29) is 23.3 Å². The molecule has 3 aromatic rings. The summed E-state index contributed by atoms with van der Waals surface area (Å²) in [5.41, 5.74) is 4.35. The van der Waals surface area contributed by atoms with Crippen molar-refractivity contribution in [3.63, 3.8) is 0 Å². The maximum atomic E-state index is 14.9. The first-order chi connectivity index (χ1) is 17.0. The normalized spacial score (nSPS) is 17.7. The third kappa shape index (κ3) is 5.25. The maximum Gasteiger partial charge on any atom is 0.419 e. The minimum atomic E-state index is -4.88. The molecular weight excluding hydrogens is 480 g/mol. The number of halogens is 4. The number of hydrogen-bond acceptors (Lipinski definition) is 7. The number of nitrogen functional groups attached to an aromatic ring is 1.